The minimum Gasteiger partial charge on any atom is -0.872 e. The molecule has 1 unspecified atom stereocenters. The van der Waals surface area contributed by atoms with E-state index in [1.54, 1.807) is 42.5 Å². The third-order valence-corrected chi connectivity index (χ3v) is 5.55. The first-order valence-corrected chi connectivity index (χ1v) is 11.1. The van der Waals surface area contributed by atoms with Crippen LogP contribution in [0.25, 0.3) is 5.76 Å². The largest absolute Gasteiger partial charge is 0.872 e. The molecule has 0 saturated carbocycles. The number of hydrogen-bond donors (Lipinski definition) is 1. The molecular formula is C26H27N3O4. The fourth-order valence-electron chi connectivity index (χ4n) is 4.08. The first-order chi connectivity index (χ1) is 16.0. The summed E-state index contributed by atoms with van der Waals surface area (Å²) in [4.78, 5) is 30.5. The molecule has 7 nitrogen and oxygen atoms in total. The quantitative estimate of drug-likeness (QED) is 0.250. The van der Waals surface area contributed by atoms with E-state index in [0.717, 1.165) is 0 Å². The predicted molar refractivity (Wildman–Crippen MR) is 121 cm³/mol. The molecule has 0 spiro atoms. The van der Waals surface area contributed by atoms with Crippen LogP contribution in [0.15, 0.2) is 78.9 Å². The van der Waals surface area contributed by atoms with Crippen molar-refractivity contribution in [1.82, 2.24) is 9.88 Å². The lowest BCUT2D eigenvalue weighted by Crippen LogP contribution is -2.36. The normalized spacial score (nSPS) is 17.7. The van der Waals surface area contributed by atoms with Gasteiger partial charge in [0, 0.05) is 18.5 Å². The molecule has 1 amide bonds. The number of aryl methyl sites for hydroxylation is 1. The van der Waals surface area contributed by atoms with Crippen molar-refractivity contribution in [3.05, 3.63) is 90.0 Å². The molecule has 1 atom stereocenters. The van der Waals surface area contributed by atoms with E-state index in [-0.39, 0.29) is 11.7 Å². The third-order valence-electron chi connectivity index (χ3n) is 5.55. The van der Waals surface area contributed by atoms with Crippen molar-refractivity contribution in [2.75, 3.05) is 6.54 Å². The fourth-order valence-corrected chi connectivity index (χ4v) is 4.08. The van der Waals surface area contributed by atoms with Crippen LogP contribution in [-0.2, 0) is 16.1 Å². The molecule has 2 heterocycles. The van der Waals surface area contributed by atoms with Crippen LogP contribution in [-0.4, -0.2) is 34.2 Å². The van der Waals surface area contributed by atoms with Crippen molar-refractivity contribution in [3.63, 3.8) is 0 Å². The average molecular weight is 446 g/mol. The molecule has 1 saturated heterocycles. The Morgan fingerprint density at radius 3 is 2.48 bits per heavy atom. The number of Topliss-reactive ketones (excluding diaryl/α,β-unsaturated/α-hetero) is 1. The van der Waals surface area contributed by atoms with Gasteiger partial charge in [0.05, 0.1) is 18.7 Å². The zero-order valence-electron chi connectivity index (χ0n) is 18.7. The van der Waals surface area contributed by atoms with Crippen molar-refractivity contribution in [2.45, 2.75) is 39.0 Å². The van der Waals surface area contributed by atoms with Crippen molar-refractivity contribution >= 4 is 17.4 Å². The molecule has 7 heteroatoms. The van der Waals surface area contributed by atoms with Gasteiger partial charge in [-0.2, -0.15) is 0 Å². The molecule has 3 aromatic rings. The highest BCUT2D eigenvalue weighted by atomic mass is 16.5. The number of likely N-dealkylation sites (tertiary alicyclic amines) is 1. The maximum atomic E-state index is 13.3. The highest BCUT2D eigenvalue weighted by Gasteiger charge is 2.43. The van der Waals surface area contributed by atoms with Crippen molar-refractivity contribution < 1.29 is 24.0 Å². The Labute approximate surface area is 192 Å². The van der Waals surface area contributed by atoms with Gasteiger partial charge in [-0.3, -0.25) is 14.6 Å². The number of H-pyrrole nitrogens is 1. The lowest BCUT2D eigenvalue weighted by atomic mass is 9.95. The van der Waals surface area contributed by atoms with Gasteiger partial charge in [0.1, 0.15) is 18.1 Å². The van der Waals surface area contributed by atoms with Crippen molar-refractivity contribution in [2.24, 2.45) is 0 Å². The molecule has 2 aromatic carbocycles. The Kier molecular flexibility index (Phi) is 6.58. The minimum absolute atomic E-state index is 0.00183. The molecule has 33 heavy (non-hydrogen) atoms. The number of benzene rings is 2. The summed E-state index contributed by atoms with van der Waals surface area (Å²) in [5.74, 6) is -1.09. The molecule has 1 fully saturated rings. The van der Waals surface area contributed by atoms with Gasteiger partial charge in [-0.25, -0.2) is 4.57 Å². The minimum atomic E-state index is -0.734. The topological polar surface area (TPSA) is 89.3 Å². The van der Waals surface area contributed by atoms with Crippen LogP contribution in [0.2, 0.25) is 0 Å². The highest BCUT2D eigenvalue weighted by molar-refractivity contribution is 6.46. The Hall–Kier alpha value is -3.87. The molecular weight excluding hydrogens is 418 g/mol. The first kappa shape index (κ1) is 22.3. The van der Waals surface area contributed by atoms with Crippen molar-refractivity contribution in [1.29, 1.82) is 0 Å². The van der Waals surface area contributed by atoms with Gasteiger partial charge in [-0.15, -0.1) is 0 Å². The lowest BCUT2D eigenvalue weighted by molar-refractivity contribution is -0.695. The van der Waals surface area contributed by atoms with E-state index in [1.807, 2.05) is 49.3 Å². The van der Waals surface area contributed by atoms with Crippen LogP contribution in [0, 0.1) is 0 Å². The van der Waals surface area contributed by atoms with E-state index in [4.69, 9.17) is 4.74 Å². The van der Waals surface area contributed by atoms with E-state index in [9.17, 15) is 14.7 Å². The Morgan fingerprint density at radius 1 is 1.12 bits per heavy atom. The van der Waals surface area contributed by atoms with Crippen LogP contribution in [0.4, 0.5) is 0 Å². The molecule has 0 radical (unpaired) electrons. The van der Waals surface area contributed by atoms with E-state index >= 15 is 0 Å². The SMILES string of the molecule is CC(C)Oc1ccc(C2/C(=C(\[O-])c3ccccc3)C(=O)C(=O)N2CCC[n+]2cc[nH]c2)cc1. The molecule has 1 aliphatic heterocycles. The number of hydrogen-bond acceptors (Lipinski definition) is 4. The predicted octanol–water partition coefficient (Wildman–Crippen LogP) is 2.40. The highest BCUT2D eigenvalue weighted by Crippen LogP contribution is 2.39. The van der Waals surface area contributed by atoms with Gasteiger partial charge >= 0.3 is 0 Å². The van der Waals surface area contributed by atoms with Crippen LogP contribution < -0.4 is 14.4 Å². The second kappa shape index (κ2) is 9.73. The summed E-state index contributed by atoms with van der Waals surface area (Å²) in [5.41, 5.74) is 1.10. The summed E-state index contributed by atoms with van der Waals surface area (Å²) in [7, 11) is 0. The van der Waals surface area contributed by atoms with Crippen molar-refractivity contribution in [3.8, 4) is 5.75 Å². The number of amides is 1. The molecule has 4 rings (SSSR count). The molecule has 1 N–H and O–H groups in total. The molecule has 1 aromatic heterocycles. The van der Waals surface area contributed by atoms with E-state index in [2.05, 4.69) is 4.98 Å². The van der Waals surface area contributed by atoms with Gasteiger partial charge in [-0.05, 0) is 37.1 Å². The van der Waals surface area contributed by atoms with Crippen LogP contribution in [0.1, 0.15) is 37.4 Å². The second-order valence-corrected chi connectivity index (χ2v) is 8.28. The Balaban J connectivity index is 1.70. The summed E-state index contributed by atoms with van der Waals surface area (Å²) in [6.07, 6.45) is 6.21. The summed E-state index contributed by atoms with van der Waals surface area (Å²) in [6.45, 7) is 4.91. The van der Waals surface area contributed by atoms with E-state index < -0.39 is 23.5 Å². The molecule has 1 aliphatic rings. The number of imidazole rings is 1. The number of carbonyl (C=O) groups excluding carboxylic acids is 2. The summed E-state index contributed by atoms with van der Waals surface area (Å²) >= 11 is 0. The smallest absolute Gasteiger partial charge is 0.295 e. The zero-order valence-corrected chi connectivity index (χ0v) is 18.7. The van der Waals surface area contributed by atoms with Crippen LogP contribution in [0.5, 0.6) is 5.75 Å². The monoisotopic (exact) mass is 445 g/mol. The number of aromatic amines is 1. The number of nitrogens with one attached hydrogen (secondary N) is 1. The maximum absolute atomic E-state index is 13.3. The van der Waals surface area contributed by atoms with Gasteiger partial charge in [0.25, 0.3) is 5.91 Å². The number of ketones is 1. The third kappa shape index (κ3) is 4.82. The average Bonchev–Trinajstić information content (AvgIpc) is 3.42. The summed E-state index contributed by atoms with van der Waals surface area (Å²) in [6, 6.07) is 15.1. The Bertz CT molecular complexity index is 1140. The molecule has 170 valence electrons. The summed E-state index contributed by atoms with van der Waals surface area (Å²) in [5, 5.41) is 13.3. The zero-order chi connectivity index (χ0) is 23.4. The Morgan fingerprint density at radius 2 is 1.85 bits per heavy atom. The van der Waals surface area contributed by atoms with Crippen LogP contribution in [0.3, 0.4) is 0 Å². The van der Waals surface area contributed by atoms with Gasteiger partial charge in [0.15, 0.2) is 0 Å². The number of ether oxygens (including phenoxy) is 1. The number of rotatable bonds is 8. The maximum Gasteiger partial charge on any atom is 0.295 e. The fraction of sp³-hybridized carbons (Fsp3) is 0.269. The number of carbonyl (C=O) groups is 2. The second-order valence-electron chi connectivity index (χ2n) is 8.28. The van der Waals surface area contributed by atoms with Crippen LogP contribution >= 0.6 is 0 Å². The van der Waals surface area contributed by atoms with Gasteiger partial charge in [-0.1, -0.05) is 48.2 Å². The lowest BCUT2D eigenvalue weighted by Gasteiger charge is -2.27. The summed E-state index contributed by atoms with van der Waals surface area (Å²) < 4.78 is 7.69. The van der Waals surface area contributed by atoms with Gasteiger partial charge in [0.2, 0.25) is 12.1 Å². The van der Waals surface area contributed by atoms with E-state index in [0.29, 0.717) is 36.4 Å². The standard InChI is InChI=1S/C26H27N3O4/c1-18(2)33-21-11-9-19(10-12-21)23-22(24(30)20-7-4-3-5-8-20)25(31)26(32)29(23)15-6-14-28-16-13-27-17-28/h3-5,7-13,16-18,23H,6,14-15H2,1-2H3,(H,30,31). The molecule has 0 aliphatic carbocycles. The number of aromatic nitrogens is 2. The van der Waals surface area contributed by atoms with E-state index in [1.165, 1.54) is 4.90 Å². The number of nitrogens with zero attached hydrogens (tertiary/aromatic N) is 2. The van der Waals surface area contributed by atoms with Gasteiger partial charge < -0.3 is 14.7 Å². The molecule has 0 bridgehead atoms. The first-order valence-electron chi connectivity index (χ1n) is 11.1.